The van der Waals surface area contributed by atoms with Crippen LogP contribution in [0.25, 0.3) is 0 Å². The van der Waals surface area contributed by atoms with E-state index in [1.165, 1.54) is 0 Å². The van der Waals surface area contributed by atoms with Crippen LogP contribution in [0.3, 0.4) is 0 Å². The first-order valence-electron chi connectivity index (χ1n) is 5.24. The second kappa shape index (κ2) is 4.74. The van der Waals surface area contributed by atoms with Gasteiger partial charge in [0.25, 0.3) is 0 Å². The fourth-order valence-electron chi connectivity index (χ4n) is 1.46. The van der Waals surface area contributed by atoms with E-state index in [1.54, 1.807) is 12.3 Å². The van der Waals surface area contributed by atoms with E-state index in [-0.39, 0.29) is 0 Å². The Morgan fingerprint density at radius 2 is 2.44 bits per heavy atom. The fourth-order valence-corrected chi connectivity index (χ4v) is 1.46. The zero-order valence-corrected chi connectivity index (χ0v) is 9.09. The van der Waals surface area contributed by atoms with Gasteiger partial charge in [0.2, 0.25) is 5.89 Å². The van der Waals surface area contributed by atoms with Crippen molar-refractivity contribution in [1.29, 1.82) is 0 Å². The molecular weight excluding hydrogens is 206 g/mol. The molecule has 84 valence electrons. The van der Waals surface area contributed by atoms with Crippen molar-refractivity contribution in [3.63, 3.8) is 0 Å². The van der Waals surface area contributed by atoms with Gasteiger partial charge < -0.3 is 9.09 Å². The molecule has 2 aromatic rings. The van der Waals surface area contributed by atoms with E-state index in [2.05, 4.69) is 17.1 Å². The molecule has 2 aromatic heterocycles. The first-order chi connectivity index (χ1) is 7.81. The van der Waals surface area contributed by atoms with Gasteiger partial charge in [0.05, 0.1) is 6.54 Å². The number of hydrogen-bond acceptors (Lipinski definition) is 4. The Morgan fingerprint density at radius 3 is 3.12 bits per heavy atom. The minimum absolute atomic E-state index is 0.529. The Labute approximate surface area is 93.1 Å². The van der Waals surface area contributed by atoms with Crippen LogP contribution in [0, 0.1) is 0 Å². The Kier molecular flexibility index (Phi) is 3.14. The average molecular weight is 219 g/mol. The summed E-state index contributed by atoms with van der Waals surface area (Å²) >= 11 is 0. The quantitative estimate of drug-likeness (QED) is 0.718. The lowest BCUT2D eigenvalue weighted by molar-refractivity contribution is 0.112. The molecule has 0 N–H and O–H groups in total. The summed E-state index contributed by atoms with van der Waals surface area (Å²) < 4.78 is 6.92. The summed E-state index contributed by atoms with van der Waals surface area (Å²) in [6.07, 6.45) is 6.18. The highest BCUT2D eigenvalue weighted by Crippen LogP contribution is 2.04. The molecule has 0 radical (unpaired) electrons. The molecule has 0 aromatic carbocycles. The summed E-state index contributed by atoms with van der Waals surface area (Å²) in [4.78, 5) is 14.7. The Morgan fingerprint density at radius 1 is 1.56 bits per heavy atom. The van der Waals surface area contributed by atoms with Gasteiger partial charge in [-0.05, 0) is 12.5 Å². The Balaban J connectivity index is 2.05. The molecule has 2 heterocycles. The van der Waals surface area contributed by atoms with Crippen LogP contribution >= 0.6 is 0 Å². The predicted molar refractivity (Wildman–Crippen MR) is 57.2 cm³/mol. The molecule has 0 aliphatic heterocycles. The summed E-state index contributed by atoms with van der Waals surface area (Å²) in [5.41, 5.74) is 0.650. The van der Waals surface area contributed by atoms with Crippen LogP contribution in [0.15, 0.2) is 23.0 Å². The molecule has 5 nitrogen and oxygen atoms in total. The lowest BCUT2D eigenvalue weighted by atomic mass is 10.3. The standard InChI is InChI=1S/C11H13N3O2/c1-2-3-11-12-10(13-16-11)7-14-5-4-9(6-14)8-15/h4-6,8H,2-3,7H2,1H3. The van der Waals surface area contributed by atoms with Crippen LogP contribution in [0.1, 0.15) is 35.4 Å². The predicted octanol–water partition coefficient (Wildman–Crippen LogP) is 1.68. The van der Waals surface area contributed by atoms with Crippen molar-refractivity contribution in [3.05, 3.63) is 35.7 Å². The van der Waals surface area contributed by atoms with Gasteiger partial charge in [0.1, 0.15) is 0 Å². The number of aromatic nitrogens is 3. The summed E-state index contributed by atoms with van der Waals surface area (Å²) in [5.74, 6) is 1.30. The molecule has 0 saturated carbocycles. The van der Waals surface area contributed by atoms with E-state index in [1.807, 2.05) is 10.8 Å². The maximum Gasteiger partial charge on any atom is 0.226 e. The minimum Gasteiger partial charge on any atom is -0.346 e. The van der Waals surface area contributed by atoms with Gasteiger partial charge in [-0.25, -0.2) is 0 Å². The van der Waals surface area contributed by atoms with Gasteiger partial charge in [-0.2, -0.15) is 4.98 Å². The molecule has 0 atom stereocenters. The number of aryl methyl sites for hydroxylation is 1. The second-order valence-corrected chi connectivity index (χ2v) is 3.59. The smallest absolute Gasteiger partial charge is 0.226 e. The summed E-state index contributed by atoms with van der Waals surface area (Å²) in [5, 5.41) is 3.87. The molecule has 0 fully saturated rings. The van der Waals surface area contributed by atoms with Gasteiger partial charge in [0, 0.05) is 24.4 Å². The monoisotopic (exact) mass is 219 g/mol. The van der Waals surface area contributed by atoms with Crippen molar-refractivity contribution in [2.24, 2.45) is 0 Å². The highest BCUT2D eigenvalue weighted by molar-refractivity contribution is 5.74. The molecule has 0 saturated heterocycles. The largest absolute Gasteiger partial charge is 0.346 e. The zero-order valence-electron chi connectivity index (χ0n) is 9.09. The van der Waals surface area contributed by atoms with E-state index in [0.717, 1.165) is 19.1 Å². The molecular formula is C11H13N3O2. The first-order valence-corrected chi connectivity index (χ1v) is 5.24. The van der Waals surface area contributed by atoms with Crippen LogP contribution in [0.4, 0.5) is 0 Å². The number of nitrogens with zero attached hydrogens (tertiary/aromatic N) is 3. The van der Waals surface area contributed by atoms with Crippen LogP contribution in [-0.4, -0.2) is 21.0 Å². The van der Waals surface area contributed by atoms with E-state index in [4.69, 9.17) is 4.52 Å². The molecule has 0 spiro atoms. The topological polar surface area (TPSA) is 60.9 Å². The minimum atomic E-state index is 0.529. The molecule has 16 heavy (non-hydrogen) atoms. The van der Waals surface area contributed by atoms with E-state index < -0.39 is 0 Å². The Bertz CT molecular complexity index is 473. The van der Waals surface area contributed by atoms with E-state index >= 15 is 0 Å². The van der Waals surface area contributed by atoms with E-state index in [0.29, 0.717) is 23.8 Å². The number of hydrogen-bond donors (Lipinski definition) is 0. The molecule has 0 bridgehead atoms. The summed E-state index contributed by atoms with van der Waals surface area (Å²) in [6, 6.07) is 1.75. The van der Waals surface area contributed by atoms with Crippen molar-refractivity contribution in [2.75, 3.05) is 0 Å². The van der Waals surface area contributed by atoms with Crippen molar-refractivity contribution in [1.82, 2.24) is 14.7 Å². The van der Waals surface area contributed by atoms with Crippen LogP contribution < -0.4 is 0 Å². The lowest BCUT2D eigenvalue weighted by Gasteiger charge is -1.95. The number of rotatable bonds is 5. The highest BCUT2D eigenvalue weighted by atomic mass is 16.5. The summed E-state index contributed by atoms with van der Waals surface area (Å²) in [6.45, 7) is 2.59. The Hall–Kier alpha value is -1.91. The van der Waals surface area contributed by atoms with Crippen molar-refractivity contribution < 1.29 is 9.32 Å². The second-order valence-electron chi connectivity index (χ2n) is 3.59. The third-order valence-corrected chi connectivity index (χ3v) is 2.21. The van der Waals surface area contributed by atoms with Crippen LogP contribution in [0.2, 0.25) is 0 Å². The third-order valence-electron chi connectivity index (χ3n) is 2.21. The molecule has 0 unspecified atom stereocenters. The molecule has 5 heteroatoms. The molecule has 0 amide bonds. The maximum atomic E-state index is 10.5. The molecule has 2 rings (SSSR count). The molecule has 0 aliphatic carbocycles. The lowest BCUT2D eigenvalue weighted by Crippen LogP contribution is -1.98. The highest BCUT2D eigenvalue weighted by Gasteiger charge is 2.05. The molecule has 0 aliphatic rings. The van der Waals surface area contributed by atoms with Crippen molar-refractivity contribution in [2.45, 2.75) is 26.3 Å². The van der Waals surface area contributed by atoms with Crippen molar-refractivity contribution in [3.8, 4) is 0 Å². The normalized spacial score (nSPS) is 10.6. The van der Waals surface area contributed by atoms with Gasteiger partial charge >= 0.3 is 0 Å². The fraction of sp³-hybridized carbons (Fsp3) is 0.364. The van der Waals surface area contributed by atoms with Gasteiger partial charge in [-0.3, -0.25) is 4.79 Å². The average Bonchev–Trinajstić information content (AvgIpc) is 2.89. The number of aldehydes is 1. The zero-order chi connectivity index (χ0) is 11.4. The first kappa shape index (κ1) is 10.6. The van der Waals surface area contributed by atoms with Crippen molar-refractivity contribution >= 4 is 6.29 Å². The third kappa shape index (κ3) is 2.36. The van der Waals surface area contributed by atoms with E-state index in [9.17, 15) is 4.79 Å². The van der Waals surface area contributed by atoms with Crippen LogP contribution in [0.5, 0.6) is 0 Å². The SMILES string of the molecule is CCCc1nc(Cn2ccc(C=O)c2)no1. The number of carbonyl (C=O) groups is 1. The van der Waals surface area contributed by atoms with Crippen LogP contribution in [-0.2, 0) is 13.0 Å². The van der Waals surface area contributed by atoms with Gasteiger partial charge in [-0.15, -0.1) is 0 Å². The maximum absolute atomic E-state index is 10.5. The summed E-state index contributed by atoms with van der Waals surface area (Å²) in [7, 11) is 0. The number of carbonyl (C=O) groups excluding carboxylic acids is 1. The van der Waals surface area contributed by atoms with Gasteiger partial charge in [0.15, 0.2) is 12.1 Å². The van der Waals surface area contributed by atoms with Gasteiger partial charge in [-0.1, -0.05) is 12.1 Å².